The molecule has 18 heavy (non-hydrogen) atoms. The molecule has 1 unspecified atom stereocenters. The zero-order valence-corrected chi connectivity index (χ0v) is 11.3. The summed E-state index contributed by atoms with van der Waals surface area (Å²) in [6.07, 6.45) is 2.90. The molecule has 5 heteroatoms. The summed E-state index contributed by atoms with van der Waals surface area (Å²) >= 11 is 0. The third kappa shape index (κ3) is 4.07. The summed E-state index contributed by atoms with van der Waals surface area (Å²) in [7, 11) is 0. The molecule has 0 saturated carbocycles. The fraction of sp³-hybridized carbons (Fsp3) is 0.615. The first-order valence-corrected chi connectivity index (χ1v) is 6.35. The summed E-state index contributed by atoms with van der Waals surface area (Å²) in [5.74, 6) is -0.119. The van der Waals surface area contributed by atoms with E-state index in [4.69, 9.17) is 10.8 Å². The lowest BCUT2D eigenvalue weighted by Gasteiger charge is -2.12. The Kier molecular flexibility index (Phi) is 5.22. The molecule has 0 bridgehead atoms. The molecule has 0 aliphatic rings. The second kappa shape index (κ2) is 6.44. The lowest BCUT2D eigenvalue weighted by atomic mass is 10.2. The maximum Gasteiger partial charge on any atom is 0.267 e. The van der Waals surface area contributed by atoms with Gasteiger partial charge in [0.25, 0.3) is 5.91 Å². The molecular weight excluding hydrogens is 230 g/mol. The van der Waals surface area contributed by atoms with Gasteiger partial charge in [0.15, 0.2) is 0 Å². The van der Waals surface area contributed by atoms with Gasteiger partial charge in [-0.05, 0) is 39.7 Å². The van der Waals surface area contributed by atoms with Gasteiger partial charge in [0.1, 0.15) is 5.69 Å². The number of rotatable bonds is 6. The van der Waals surface area contributed by atoms with Crippen molar-refractivity contribution in [2.24, 2.45) is 0 Å². The molecule has 1 heterocycles. The van der Waals surface area contributed by atoms with Gasteiger partial charge in [0, 0.05) is 18.8 Å². The highest BCUT2D eigenvalue weighted by atomic mass is 16.3. The smallest absolute Gasteiger partial charge is 0.267 e. The summed E-state index contributed by atoms with van der Waals surface area (Å²) in [5, 5.41) is 12.0. The van der Waals surface area contributed by atoms with Crippen LogP contribution in [0.5, 0.6) is 0 Å². The van der Waals surface area contributed by atoms with Gasteiger partial charge in [-0.2, -0.15) is 0 Å². The predicted molar refractivity (Wildman–Crippen MR) is 72.5 cm³/mol. The van der Waals surface area contributed by atoms with Crippen LogP contribution in [0.3, 0.4) is 0 Å². The van der Waals surface area contributed by atoms with Crippen molar-refractivity contribution in [1.82, 2.24) is 9.88 Å². The van der Waals surface area contributed by atoms with E-state index in [0.29, 0.717) is 24.3 Å². The average Bonchev–Trinajstić information content (AvgIpc) is 2.66. The van der Waals surface area contributed by atoms with E-state index in [2.05, 4.69) is 5.32 Å². The van der Waals surface area contributed by atoms with E-state index in [-0.39, 0.29) is 18.1 Å². The second-order valence-corrected chi connectivity index (χ2v) is 4.91. The number of carbonyl (C=O) groups excluding carboxylic acids is 1. The van der Waals surface area contributed by atoms with E-state index in [0.717, 1.165) is 6.42 Å². The normalized spacial score (nSPS) is 12.7. The first kappa shape index (κ1) is 14.6. The third-order valence-corrected chi connectivity index (χ3v) is 2.74. The summed E-state index contributed by atoms with van der Waals surface area (Å²) < 4.78 is 1.86. The average molecular weight is 253 g/mol. The minimum absolute atomic E-state index is 0.119. The van der Waals surface area contributed by atoms with Crippen LogP contribution < -0.4 is 11.1 Å². The second-order valence-electron chi connectivity index (χ2n) is 4.91. The van der Waals surface area contributed by atoms with E-state index in [1.165, 1.54) is 0 Å². The van der Waals surface area contributed by atoms with Crippen LogP contribution in [0.15, 0.2) is 12.3 Å². The Labute approximate surface area is 108 Å². The highest BCUT2D eigenvalue weighted by Gasteiger charge is 2.14. The first-order valence-electron chi connectivity index (χ1n) is 6.35. The highest BCUT2D eigenvalue weighted by molar-refractivity contribution is 5.93. The van der Waals surface area contributed by atoms with Crippen LogP contribution in [0, 0.1) is 0 Å². The number of nitrogen functional groups attached to an aromatic ring is 1. The molecule has 0 aliphatic carbocycles. The first-order chi connectivity index (χ1) is 8.41. The van der Waals surface area contributed by atoms with Crippen molar-refractivity contribution in [3.8, 4) is 0 Å². The molecule has 1 aromatic rings. The number of hydrogen-bond acceptors (Lipinski definition) is 3. The van der Waals surface area contributed by atoms with Gasteiger partial charge in [0.05, 0.1) is 11.8 Å². The minimum Gasteiger partial charge on any atom is -0.397 e. The standard InChI is InChI=1S/C13H23N3O2/c1-9(2)16-8-11(14)7-12(16)13(18)15-6-4-5-10(3)17/h7-10,17H,4-6,14H2,1-3H3,(H,15,18). The van der Waals surface area contributed by atoms with Crippen LogP contribution in [-0.4, -0.2) is 28.2 Å². The van der Waals surface area contributed by atoms with Crippen molar-refractivity contribution >= 4 is 11.6 Å². The Balaban J connectivity index is 2.56. The monoisotopic (exact) mass is 253 g/mol. The fourth-order valence-electron chi connectivity index (χ4n) is 1.80. The minimum atomic E-state index is -0.322. The van der Waals surface area contributed by atoms with Crippen LogP contribution >= 0.6 is 0 Å². The van der Waals surface area contributed by atoms with Gasteiger partial charge in [-0.15, -0.1) is 0 Å². The summed E-state index contributed by atoms with van der Waals surface area (Å²) in [5.41, 5.74) is 6.89. The van der Waals surface area contributed by atoms with E-state index in [1.54, 1.807) is 19.2 Å². The largest absolute Gasteiger partial charge is 0.397 e. The van der Waals surface area contributed by atoms with Gasteiger partial charge in [-0.3, -0.25) is 4.79 Å². The molecule has 0 aromatic carbocycles. The number of anilines is 1. The predicted octanol–water partition coefficient (Wildman–Crippen LogP) is 1.54. The summed E-state index contributed by atoms with van der Waals surface area (Å²) in [4.78, 5) is 12.0. The molecule has 0 aliphatic heterocycles. The molecular formula is C13H23N3O2. The molecule has 0 radical (unpaired) electrons. The van der Waals surface area contributed by atoms with E-state index >= 15 is 0 Å². The maximum atomic E-state index is 12.0. The number of aromatic nitrogens is 1. The van der Waals surface area contributed by atoms with Crippen molar-refractivity contribution in [2.45, 2.75) is 45.8 Å². The van der Waals surface area contributed by atoms with Gasteiger partial charge >= 0.3 is 0 Å². The SMILES string of the molecule is CC(O)CCCNC(=O)c1cc(N)cn1C(C)C. The van der Waals surface area contributed by atoms with Crippen LogP contribution in [-0.2, 0) is 0 Å². The number of carbonyl (C=O) groups is 1. The molecule has 0 saturated heterocycles. The van der Waals surface area contributed by atoms with Crippen LogP contribution in [0.4, 0.5) is 5.69 Å². The van der Waals surface area contributed by atoms with Gasteiger partial charge in [-0.25, -0.2) is 0 Å². The van der Waals surface area contributed by atoms with Crippen molar-refractivity contribution in [2.75, 3.05) is 12.3 Å². The van der Waals surface area contributed by atoms with Crippen molar-refractivity contribution in [1.29, 1.82) is 0 Å². The third-order valence-electron chi connectivity index (χ3n) is 2.74. The van der Waals surface area contributed by atoms with Crippen molar-refractivity contribution in [3.63, 3.8) is 0 Å². The van der Waals surface area contributed by atoms with Crippen LogP contribution in [0.2, 0.25) is 0 Å². The molecule has 1 amide bonds. The Morgan fingerprint density at radius 1 is 1.50 bits per heavy atom. The number of aliphatic hydroxyl groups is 1. The van der Waals surface area contributed by atoms with Crippen LogP contribution in [0.1, 0.15) is 50.1 Å². The Morgan fingerprint density at radius 3 is 2.72 bits per heavy atom. The molecule has 5 nitrogen and oxygen atoms in total. The molecule has 1 atom stereocenters. The zero-order valence-electron chi connectivity index (χ0n) is 11.3. The molecule has 102 valence electrons. The molecule has 0 fully saturated rings. The van der Waals surface area contributed by atoms with E-state index < -0.39 is 0 Å². The van der Waals surface area contributed by atoms with E-state index in [1.807, 2.05) is 18.4 Å². The highest BCUT2D eigenvalue weighted by Crippen LogP contribution is 2.16. The molecule has 1 aromatic heterocycles. The number of nitrogens with one attached hydrogen (secondary N) is 1. The fourth-order valence-corrected chi connectivity index (χ4v) is 1.80. The Morgan fingerprint density at radius 2 is 2.17 bits per heavy atom. The Hall–Kier alpha value is -1.49. The van der Waals surface area contributed by atoms with Gasteiger partial charge < -0.3 is 20.7 Å². The molecule has 0 spiro atoms. The number of nitrogens with zero attached hydrogens (tertiary/aromatic N) is 1. The summed E-state index contributed by atoms with van der Waals surface area (Å²) in [6.45, 7) is 6.31. The topological polar surface area (TPSA) is 80.3 Å². The Bertz CT molecular complexity index is 397. The number of nitrogens with two attached hydrogens (primary N) is 1. The lowest BCUT2D eigenvalue weighted by molar-refractivity contribution is 0.0939. The number of hydrogen-bond donors (Lipinski definition) is 3. The zero-order chi connectivity index (χ0) is 13.7. The number of aliphatic hydroxyl groups excluding tert-OH is 1. The van der Waals surface area contributed by atoms with Crippen LogP contribution in [0.25, 0.3) is 0 Å². The number of amides is 1. The van der Waals surface area contributed by atoms with Crippen molar-refractivity contribution < 1.29 is 9.90 Å². The lowest BCUT2D eigenvalue weighted by Crippen LogP contribution is -2.27. The van der Waals surface area contributed by atoms with E-state index in [9.17, 15) is 4.79 Å². The quantitative estimate of drug-likeness (QED) is 0.673. The van der Waals surface area contributed by atoms with Crippen molar-refractivity contribution in [3.05, 3.63) is 18.0 Å². The molecule has 1 rings (SSSR count). The molecule has 4 N–H and O–H groups in total. The maximum absolute atomic E-state index is 12.0. The summed E-state index contributed by atoms with van der Waals surface area (Å²) in [6, 6.07) is 1.88. The van der Waals surface area contributed by atoms with Gasteiger partial charge in [0.2, 0.25) is 0 Å². The van der Waals surface area contributed by atoms with Gasteiger partial charge in [-0.1, -0.05) is 0 Å².